The van der Waals surface area contributed by atoms with Gasteiger partial charge in [-0.15, -0.1) is 11.3 Å². The van der Waals surface area contributed by atoms with E-state index in [0.717, 1.165) is 10.4 Å². The molecule has 0 unspecified atom stereocenters. The molecule has 1 aromatic heterocycles. The van der Waals surface area contributed by atoms with Gasteiger partial charge in [-0.05, 0) is 50.4 Å². The van der Waals surface area contributed by atoms with Gasteiger partial charge in [-0.25, -0.2) is 4.98 Å². The maximum Gasteiger partial charge on any atom is 0.299 e. The predicted octanol–water partition coefficient (Wildman–Crippen LogP) is 5.15. The van der Waals surface area contributed by atoms with Crippen molar-refractivity contribution in [1.29, 1.82) is 0 Å². The molecule has 2 aromatic rings. The Morgan fingerprint density at radius 1 is 1.55 bits per heavy atom. The summed E-state index contributed by atoms with van der Waals surface area (Å²) in [4.78, 5) is 15.5. The first-order chi connectivity index (χ1) is 9.40. The van der Waals surface area contributed by atoms with E-state index in [2.05, 4.69) is 42.2 Å². The van der Waals surface area contributed by atoms with Gasteiger partial charge in [0.15, 0.2) is 4.47 Å². The highest BCUT2D eigenvalue weighted by Crippen LogP contribution is 2.41. The van der Waals surface area contributed by atoms with Crippen LogP contribution in [0.4, 0.5) is 11.4 Å². The first-order valence-corrected chi connectivity index (χ1v) is 8.15. The van der Waals surface area contributed by atoms with Crippen LogP contribution in [0.3, 0.4) is 0 Å². The number of hydrogen-bond donors (Lipinski definition) is 1. The van der Waals surface area contributed by atoms with Crippen LogP contribution in [0.5, 0.6) is 0 Å². The number of benzene rings is 1. The summed E-state index contributed by atoms with van der Waals surface area (Å²) in [5.74, 6) is 0. The number of nitro benzene ring substituents is 1. The predicted molar refractivity (Wildman–Crippen MR) is 87.7 cm³/mol. The second-order valence-electron chi connectivity index (χ2n) is 3.90. The summed E-state index contributed by atoms with van der Waals surface area (Å²) >= 11 is 13.6. The summed E-state index contributed by atoms with van der Waals surface area (Å²) in [5.41, 5.74) is 1.58. The fraction of sp³-hybridized carbons (Fsp3) is 0.182. The van der Waals surface area contributed by atoms with Crippen LogP contribution >= 0.6 is 54.8 Å². The number of rotatable bonds is 4. The average molecular weight is 442 g/mol. The molecule has 1 heterocycles. The van der Waals surface area contributed by atoms with E-state index in [4.69, 9.17) is 11.6 Å². The fourth-order valence-electron chi connectivity index (χ4n) is 1.65. The largest absolute Gasteiger partial charge is 0.379 e. The molecule has 0 fully saturated rings. The Hall–Kier alpha value is -0.700. The Balaban J connectivity index is 2.31. The summed E-state index contributed by atoms with van der Waals surface area (Å²) < 4.78 is 1.34. The lowest BCUT2D eigenvalue weighted by Gasteiger charge is -2.12. The van der Waals surface area contributed by atoms with Crippen molar-refractivity contribution in [2.75, 3.05) is 5.32 Å². The van der Waals surface area contributed by atoms with E-state index in [1.165, 1.54) is 11.3 Å². The number of thiazole rings is 1. The van der Waals surface area contributed by atoms with Crippen molar-refractivity contribution in [3.8, 4) is 0 Å². The van der Waals surface area contributed by atoms with E-state index in [1.54, 1.807) is 12.3 Å². The molecule has 0 saturated carbocycles. The Morgan fingerprint density at radius 2 is 2.25 bits per heavy atom. The third kappa shape index (κ3) is 3.30. The molecule has 0 amide bonds. The monoisotopic (exact) mass is 439 g/mol. The zero-order chi connectivity index (χ0) is 14.9. The van der Waals surface area contributed by atoms with E-state index < -0.39 is 4.92 Å². The van der Waals surface area contributed by atoms with Gasteiger partial charge in [-0.1, -0.05) is 11.6 Å². The van der Waals surface area contributed by atoms with Crippen molar-refractivity contribution < 1.29 is 4.92 Å². The number of nitrogens with one attached hydrogen (secondary N) is 1. The zero-order valence-electron chi connectivity index (χ0n) is 10.1. The van der Waals surface area contributed by atoms with Crippen LogP contribution in [0.1, 0.15) is 10.4 Å². The number of nitrogens with zero attached hydrogens (tertiary/aromatic N) is 2. The molecule has 0 atom stereocenters. The highest BCUT2D eigenvalue weighted by molar-refractivity contribution is 9.11. The maximum atomic E-state index is 11.1. The normalized spacial score (nSPS) is 10.6. The number of anilines is 1. The van der Waals surface area contributed by atoms with E-state index >= 15 is 0 Å². The molecule has 20 heavy (non-hydrogen) atoms. The van der Waals surface area contributed by atoms with E-state index in [1.807, 2.05) is 6.92 Å². The first kappa shape index (κ1) is 15.7. The molecule has 0 aliphatic carbocycles. The molecular formula is C11H8Br2ClN3O2S. The molecule has 1 aromatic carbocycles. The molecule has 0 aliphatic heterocycles. The maximum absolute atomic E-state index is 11.1. The van der Waals surface area contributed by atoms with Crippen molar-refractivity contribution in [2.24, 2.45) is 0 Å². The van der Waals surface area contributed by atoms with Crippen LogP contribution in [-0.4, -0.2) is 9.91 Å². The Kier molecular flexibility index (Phi) is 5.00. The number of aryl methyl sites for hydroxylation is 1. The second-order valence-corrected chi connectivity index (χ2v) is 7.25. The topological polar surface area (TPSA) is 68.1 Å². The Bertz CT molecular complexity index is 678. The minimum Gasteiger partial charge on any atom is -0.379 e. The van der Waals surface area contributed by atoms with Gasteiger partial charge in [-0.2, -0.15) is 0 Å². The molecule has 0 spiro atoms. The molecule has 0 radical (unpaired) electrons. The number of hydrogen-bond acceptors (Lipinski definition) is 5. The van der Waals surface area contributed by atoms with Gasteiger partial charge in [0.25, 0.3) is 5.69 Å². The number of nitro groups is 1. The van der Waals surface area contributed by atoms with E-state index in [9.17, 15) is 10.1 Å². The van der Waals surface area contributed by atoms with Gasteiger partial charge in [0.05, 0.1) is 21.6 Å². The van der Waals surface area contributed by atoms with Crippen LogP contribution in [0.15, 0.2) is 21.2 Å². The van der Waals surface area contributed by atoms with Crippen molar-refractivity contribution in [3.63, 3.8) is 0 Å². The summed E-state index contributed by atoms with van der Waals surface area (Å²) in [6.07, 6.45) is 1.68. The molecule has 0 aliphatic rings. The van der Waals surface area contributed by atoms with Crippen LogP contribution < -0.4 is 5.32 Å². The van der Waals surface area contributed by atoms with Gasteiger partial charge in [0.2, 0.25) is 0 Å². The van der Waals surface area contributed by atoms with Crippen LogP contribution in [0.2, 0.25) is 4.47 Å². The summed E-state index contributed by atoms with van der Waals surface area (Å²) in [7, 11) is 0. The number of aromatic nitrogens is 1. The van der Waals surface area contributed by atoms with Crippen LogP contribution in [-0.2, 0) is 6.54 Å². The van der Waals surface area contributed by atoms with Gasteiger partial charge in [-0.3, -0.25) is 10.1 Å². The van der Waals surface area contributed by atoms with Gasteiger partial charge < -0.3 is 5.32 Å². The summed E-state index contributed by atoms with van der Waals surface area (Å²) in [5, 5.41) is 14.2. The highest BCUT2D eigenvalue weighted by atomic mass is 79.9. The zero-order valence-corrected chi connectivity index (χ0v) is 14.9. The molecule has 106 valence electrons. The molecule has 5 nitrogen and oxygen atoms in total. The standard InChI is InChI=1S/C11H8Br2ClN3O2S/c1-5-2-7(12)10(17(18)19)8(13)9(5)15-3-6-4-16-11(14)20-6/h2,4,15H,3H2,1H3. The fourth-order valence-corrected chi connectivity index (χ4v) is 4.33. The van der Waals surface area contributed by atoms with Crippen LogP contribution in [0, 0.1) is 17.0 Å². The van der Waals surface area contributed by atoms with Crippen LogP contribution in [0.25, 0.3) is 0 Å². The summed E-state index contributed by atoms with van der Waals surface area (Å²) in [6.45, 7) is 2.38. The smallest absolute Gasteiger partial charge is 0.299 e. The average Bonchev–Trinajstić information content (AvgIpc) is 2.73. The molecule has 1 N–H and O–H groups in total. The van der Waals surface area contributed by atoms with Crippen molar-refractivity contribution >= 4 is 66.2 Å². The second kappa shape index (κ2) is 6.38. The van der Waals surface area contributed by atoms with Crippen molar-refractivity contribution in [1.82, 2.24) is 4.98 Å². The third-order valence-corrected chi connectivity index (χ3v) is 5.03. The third-order valence-electron chi connectivity index (χ3n) is 2.54. The summed E-state index contributed by atoms with van der Waals surface area (Å²) in [6, 6.07) is 1.71. The Morgan fingerprint density at radius 3 is 2.80 bits per heavy atom. The van der Waals surface area contributed by atoms with Gasteiger partial charge >= 0.3 is 0 Å². The SMILES string of the molecule is Cc1cc(Br)c([N+](=O)[O-])c(Br)c1NCc1cnc(Cl)s1. The first-order valence-electron chi connectivity index (χ1n) is 5.37. The Labute approximate surface area is 140 Å². The minimum absolute atomic E-state index is 0.000405. The molecule has 0 saturated heterocycles. The van der Waals surface area contributed by atoms with Gasteiger partial charge in [0.1, 0.15) is 4.47 Å². The highest BCUT2D eigenvalue weighted by Gasteiger charge is 2.22. The number of halogens is 3. The van der Waals surface area contributed by atoms with Gasteiger partial charge in [0, 0.05) is 11.1 Å². The molecule has 0 bridgehead atoms. The van der Waals surface area contributed by atoms with Crippen molar-refractivity contribution in [2.45, 2.75) is 13.5 Å². The molecule has 9 heteroatoms. The molecule has 2 rings (SSSR count). The lowest BCUT2D eigenvalue weighted by molar-refractivity contribution is -0.386. The lowest BCUT2D eigenvalue weighted by Crippen LogP contribution is -2.03. The quantitative estimate of drug-likeness (QED) is 0.526. The van der Waals surface area contributed by atoms with Crippen molar-refractivity contribution in [3.05, 3.63) is 46.2 Å². The molecular weight excluding hydrogens is 433 g/mol. The lowest BCUT2D eigenvalue weighted by atomic mass is 10.2. The van der Waals surface area contributed by atoms with E-state index in [-0.39, 0.29) is 5.69 Å². The minimum atomic E-state index is -0.428. The van der Waals surface area contributed by atoms with E-state index in [0.29, 0.717) is 25.6 Å².